The monoisotopic (exact) mass is 359 g/mol. The number of aryl methyl sites for hydroxylation is 1. The maximum absolute atomic E-state index is 12.9. The SMILES string of the molecule is C=Cn1c(C)c(CC(=O)CC2=CC(CC)C=CC=C2)c2cc(CC)ccc21. The van der Waals surface area contributed by atoms with Gasteiger partial charge in [-0.15, -0.1) is 0 Å². The summed E-state index contributed by atoms with van der Waals surface area (Å²) in [7, 11) is 0. The van der Waals surface area contributed by atoms with Crippen LogP contribution in [0.1, 0.15) is 43.5 Å². The lowest BCUT2D eigenvalue weighted by atomic mass is 9.97. The van der Waals surface area contributed by atoms with Crippen molar-refractivity contribution in [1.82, 2.24) is 4.57 Å². The molecule has 0 saturated carbocycles. The Morgan fingerprint density at radius 2 is 2.04 bits per heavy atom. The summed E-state index contributed by atoms with van der Waals surface area (Å²) < 4.78 is 2.10. The zero-order chi connectivity index (χ0) is 19.4. The average Bonchev–Trinajstić information content (AvgIpc) is 2.81. The normalized spacial score (nSPS) is 16.4. The Hall–Kier alpha value is -2.61. The molecule has 140 valence electrons. The van der Waals surface area contributed by atoms with Gasteiger partial charge in [0, 0.05) is 30.1 Å². The number of carbonyl (C=O) groups excluding carboxylic acids is 1. The van der Waals surface area contributed by atoms with E-state index in [-0.39, 0.29) is 5.78 Å². The van der Waals surface area contributed by atoms with Crippen molar-refractivity contribution in [3.05, 3.63) is 77.6 Å². The second kappa shape index (κ2) is 8.39. The summed E-state index contributed by atoms with van der Waals surface area (Å²) in [4.78, 5) is 12.9. The van der Waals surface area contributed by atoms with Crippen molar-refractivity contribution in [2.24, 2.45) is 5.92 Å². The molecule has 1 aliphatic carbocycles. The Bertz CT molecular complexity index is 952. The predicted octanol–water partition coefficient (Wildman–Crippen LogP) is 6.19. The number of carbonyl (C=O) groups is 1. The number of benzene rings is 1. The fourth-order valence-corrected chi connectivity index (χ4v) is 3.87. The molecule has 0 saturated heterocycles. The van der Waals surface area contributed by atoms with Gasteiger partial charge >= 0.3 is 0 Å². The fourth-order valence-electron chi connectivity index (χ4n) is 3.87. The third kappa shape index (κ3) is 4.05. The van der Waals surface area contributed by atoms with Crippen molar-refractivity contribution < 1.29 is 4.79 Å². The molecule has 1 aromatic heterocycles. The molecule has 27 heavy (non-hydrogen) atoms. The highest BCUT2D eigenvalue weighted by Gasteiger charge is 2.17. The second-order valence-electron chi connectivity index (χ2n) is 7.27. The Morgan fingerprint density at radius 1 is 1.22 bits per heavy atom. The van der Waals surface area contributed by atoms with Crippen molar-refractivity contribution in [3.63, 3.8) is 0 Å². The molecule has 2 nitrogen and oxygen atoms in total. The number of rotatable bonds is 7. The highest BCUT2D eigenvalue weighted by Crippen LogP contribution is 2.29. The summed E-state index contributed by atoms with van der Waals surface area (Å²) in [6, 6.07) is 6.53. The molecular formula is C25H29NO. The summed E-state index contributed by atoms with van der Waals surface area (Å²) in [5.74, 6) is 0.676. The van der Waals surface area contributed by atoms with Gasteiger partial charge in [-0.3, -0.25) is 4.79 Å². The van der Waals surface area contributed by atoms with Crippen LogP contribution in [-0.4, -0.2) is 10.4 Å². The van der Waals surface area contributed by atoms with E-state index >= 15 is 0 Å². The number of aromatic nitrogens is 1. The van der Waals surface area contributed by atoms with Gasteiger partial charge in [-0.1, -0.05) is 56.9 Å². The van der Waals surface area contributed by atoms with Gasteiger partial charge in [-0.05, 0) is 54.5 Å². The molecule has 0 bridgehead atoms. The average molecular weight is 360 g/mol. The quantitative estimate of drug-likeness (QED) is 0.577. The first-order valence-corrected chi connectivity index (χ1v) is 9.89. The van der Waals surface area contributed by atoms with E-state index in [2.05, 4.69) is 74.4 Å². The number of nitrogens with zero attached hydrogens (tertiary/aromatic N) is 1. The summed E-state index contributed by atoms with van der Waals surface area (Å²) in [5, 5.41) is 1.18. The van der Waals surface area contributed by atoms with Crippen molar-refractivity contribution >= 4 is 22.9 Å². The second-order valence-corrected chi connectivity index (χ2v) is 7.27. The maximum atomic E-state index is 12.9. The lowest BCUT2D eigenvalue weighted by molar-refractivity contribution is -0.117. The first-order valence-electron chi connectivity index (χ1n) is 9.89. The third-order valence-electron chi connectivity index (χ3n) is 5.49. The molecule has 1 heterocycles. The zero-order valence-electron chi connectivity index (χ0n) is 16.7. The van der Waals surface area contributed by atoms with Gasteiger partial charge in [0.15, 0.2) is 0 Å². The van der Waals surface area contributed by atoms with Crippen molar-refractivity contribution in [2.45, 2.75) is 46.5 Å². The molecule has 2 heteroatoms. The van der Waals surface area contributed by atoms with Crippen LogP contribution >= 0.6 is 0 Å². The van der Waals surface area contributed by atoms with Crippen LogP contribution in [0.4, 0.5) is 0 Å². The van der Waals surface area contributed by atoms with Gasteiger partial charge in [0.2, 0.25) is 0 Å². The maximum Gasteiger partial charge on any atom is 0.141 e. The van der Waals surface area contributed by atoms with E-state index in [1.807, 2.05) is 12.3 Å². The topological polar surface area (TPSA) is 22.0 Å². The van der Waals surface area contributed by atoms with Crippen LogP contribution in [0.5, 0.6) is 0 Å². The molecule has 0 N–H and O–H groups in total. The van der Waals surface area contributed by atoms with Crippen molar-refractivity contribution in [1.29, 1.82) is 0 Å². The highest BCUT2D eigenvalue weighted by atomic mass is 16.1. The molecule has 0 aliphatic heterocycles. The smallest absolute Gasteiger partial charge is 0.141 e. The molecule has 1 unspecified atom stereocenters. The van der Waals surface area contributed by atoms with Crippen LogP contribution < -0.4 is 0 Å². The lowest BCUT2D eigenvalue weighted by Crippen LogP contribution is -2.05. The minimum atomic E-state index is 0.260. The van der Waals surface area contributed by atoms with Crippen molar-refractivity contribution in [2.75, 3.05) is 0 Å². The van der Waals surface area contributed by atoms with Gasteiger partial charge in [0.05, 0.1) is 5.52 Å². The molecule has 3 rings (SSSR count). The van der Waals surface area contributed by atoms with E-state index in [9.17, 15) is 4.79 Å². The molecule has 2 aromatic rings. The number of allylic oxidation sites excluding steroid dienone is 6. The van der Waals surface area contributed by atoms with E-state index in [4.69, 9.17) is 0 Å². The molecule has 1 aliphatic rings. The lowest BCUT2D eigenvalue weighted by Gasteiger charge is -2.07. The van der Waals surface area contributed by atoms with Crippen LogP contribution in [0.2, 0.25) is 0 Å². The van der Waals surface area contributed by atoms with Crippen LogP contribution in [0, 0.1) is 12.8 Å². The minimum absolute atomic E-state index is 0.260. The van der Waals surface area contributed by atoms with Gasteiger partial charge < -0.3 is 4.57 Å². The number of ketones is 1. The molecular weight excluding hydrogens is 330 g/mol. The minimum Gasteiger partial charge on any atom is -0.321 e. The van der Waals surface area contributed by atoms with Crippen LogP contribution in [0.15, 0.2) is 60.7 Å². The van der Waals surface area contributed by atoms with Gasteiger partial charge in [-0.25, -0.2) is 0 Å². The molecule has 0 amide bonds. The Kier molecular flexibility index (Phi) is 5.95. The van der Waals surface area contributed by atoms with Crippen LogP contribution in [0.3, 0.4) is 0 Å². The third-order valence-corrected chi connectivity index (χ3v) is 5.49. The first-order chi connectivity index (χ1) is 13.1. The van der Waals surface area contributed by atoms with E-state index in [0.29, 0.717) is 18.8 Å². The first kappa shape index (κ1) is 19.2. The molecule has 0 fully saturated rings. The Labute approximate surface area is 162 Å². The molecule has 0 radical (unpaired) electrons. The largest absolute Gasteiger partial charge is 0.321 e. The van der Waals surface area contributed by atoms with E-state index in [1.54, 1.807) is 0 Å². The molecule has 1 atom stereocenters. The van der Waals surface area contributed by atoms with Gasteiger partial charge in [-0.2, -0.15) is 0 Å². The summed E-state index contributed by atoms with van der Waals surface area (Å²) in [5.41, 5.74) is 5.79. The number of fused-ring (bicyclic) bond motifs is 1. The van der Waals surface area contributed by atoms with Crippen LogP contribution in [0.25, 0.3) is 17.1 Å². The highest BCUT2D eigenvalue weighted by molar-refractivity contribution is 5.93. The summed E-state index contributed by atoms with van der Waals surface area (Å²) in [6.45, 7) is 10.4. The van der Waals surface area contributed by atoms with Gasteiger partial charge in [0.25, 0.3) is 0 Å². The number of Topliss-reactive ketones (excluding diaryl/α,β-unsaturated/α-hetero) is 1. The summed E-state index contributed by atoms with van der Waals surface area (Å²) in [6.07, 6.45) is 15.5. The number of hydrogen-bond acceptors (Lipinski definition) is 1. The van der Waals surface area contributed by atoms with Gasteiger partial charge in [0.1, 0.15) is 5.78 Å². The zero-order valence-corrected chi connectivity index (χ0v) is 16.7. The Morgan fingerprint density at radius 3 is 2.74 bits per heavy atom. The van der Waals surface area contributed by atoms with E-state index in [0.717, 1.165) is 35.2 Å². The van der Waals surface area contributed by atoms with Crippen LogP contribution in [-0.2, 0) is 17.6 Å². The molecule has 1 aromatic carbocycles. The number of hydrogen-bond donors (Lipinski definition) is 0. The molecule has 0 spiro atoms. The Balaban J connectivity index is 1.89. The van der Waals surface area contributed by atoms with E-state index in [1.165, 1.54) is 10.9 Å². The van der Waals surface area contributed by atoms with E-state index < -0.39 is 0 Å². The standard InChI is InChI=1S/C25H29NO/c1-5-19-10-8-9-11-21(14-19)15-22(27)17-23-18(4)26(7-3)25-13-12-20(6-2)16-24(23)25/h7-14,16,19H,3,5-6,15,17H2,1-2,4H3. The fraction of sp³-hybridized carbons (Fsp3) is 0.320. The van der Waals surface area contributed by atoms with Crippen molar-refractivity contribution in [3.8, 4) is 0 Å². The summed E-state index contributed by atoms with van der Waals surface area (Å²) >= 11 is 0. The predicted molar refractivity (Wildman–Crippen MR) is 116 cm³/mol.